The molecule has 6 nitrogen and oxygen atoms in total. The van der Waals surface area contributed by atoms with Crippen LogP contribution in [-0.2, 0) is 17.5 Å². The van der Waals surface area contributed by atoms with Gasteiger partial charge >= 0.3 is 6.18 Å². The van der Waals surface area contributed by atoms with E-state index in [1.165, 1.54) is 23.0 Å². The quantitative estimate of drug-likeness (QED) is 0.340. The van der Waals surface area contributed by atoms with Crippen LogP contribution in [0.25, 0.3) is 17.1 Å². The number of nitrogens with zero attached hydrogens (tertiary/aromatic N) is 3. The first-order chi connectivity index (χ1) is 15.8. The number of nitrogens with one attached hydrogen (secondary N) is 1. The molecular weight excluding hydrogens is 477 g/mol. The fraction of sp³-hybridized carbons (Fsp3) is 0.136. The summed E-state index contributed by atoms with van der Waals surface area (Å²) in [5.41, 5.74) is -0.118. The summed E-state index contributed by atoms with van der Waals surface area (Å²) >= 11 is 7.35. The number of aromatic nitrogens is 3. The van der Waals surface area contributed by atoms with Crippen LogP contribution >= 0.6 is 23.4 Å². The lowest BCUT2D eigenvalue weighted by Gasteiger charge is -2.13. The molecule has 0 aliphatic heterocycles. The standard InChI is InChI=1S/C22H16ClF3N4O2S/c23-18-9-2-1-8-17(18)20-28-29-21(33-13-19(31)27-12-16-7-4-10-32-16)30(20)15-6-3-5-14(11-15)22(24,25)26/h1-11H,12-13H2,(H,27,31). The van der Waals surface area contributed by atoms with E-state index in [1.807, 2.05) is 0 Å². The smallest absolute Gasteiger partial charge is 0.416 e. The SMILES string of the molecule is O=C(CSc1nnc(-c2ccccc2Cl)n1-c1cccc(C(F)(F)F)c1)NCc1ccco1. The Kier molecular flexibility index (Phi) is 6.75. The third kappa shape index (κ3) is 5.40. The zero-order chi connectivity index (χ0) is 23.4. The number of benzene rings is 2. The maximum atomic E-state index is 13.3. The molecule has 0 unspecified atom stereocenters. The molecule has 0 fully saturated rings. The van der Waals surface area contributed by atoms with Crippen molar-refractivity contribution < 1.29 is 22.4 Å². The normalized spacial score (nSPS) is 11.5. The van der Waals surface area contributed by atoms with Gasteiger partial charge in [-0.25, -0.2) is 0 Å². The molecule has 0 aliphatic carbocycles. The van der Waals surface area contributed by atoms with E-state index in [0.717, 1.165) is 23.9 Å². The first-order valence-electron chi connectivity index (χ1n) is 9.63. The summed E-state index contributed by atoms with van der Waals surface area (Å²) in [6.07, 6.45) is -3.02. The van der Waals surface area contributed by atoms with Crippen molar-refractivity contribution in [2.45, 2.75) is 17.9 Å². The molecule has 2 heterocycles. The van der Waals surface area contributed by atoms with Crippen LogP contribution in [0.1, 0.15) is 11.3 Å². The fourth-order valence-corrected chi connectivity index (χ4v) is 4.02. The second-order valence-corrected chi connectivity index (χ2v) is 8.16. The molecular formula is C22H16ClF3N4O2S. The second kappa shape index (κ2) is 9.72. The van der Waals surface area contributed by atoms with Gasteiger partial charge in [0, 0.05) is 5.56 Å². The molecule has 0 atom stereocenters. The number of rotatable bonds is 7. The molecule has 11 heteroatoms. The van der Waals surface area contributed by atoms with Crippen LogP contribution in [0, 0.1) is 0 Å². The van der Waals surface area contributed by atoms with Gasteiger partial charge in [0.25, 0.3) is 0 Å². The lowest BCUT2D eigenvalue weighted by Crippen LogP contribution is -2.24. The Hall–Kier alpha value is -3.24. The van der Waals surface area contributed by atoms with E-state index in [2.05, 4.69) is 15.5 Å². The number of hydrogen-bond acceptors (Lipinski definition) is 5. The molecule has 33 heavy (non-hydrogen) atoms. The zero-order valence-corrected chi connectivity index (χ0v) is 18.4. The van der Waals surface area contributed by atoms with Crippen molar-refractivity contribution in [2.75, 3.05) is 5.75 Å². The van der Waals surface area contributed by atoms with Gasteiger partial charge in [-0.3, -0.25) is 9.36 Å². The predicted molar refractivity (Wildman–Crippen MR) is 118 cm³/mol. The van der Waals surface area contributed by atoms with Gasteiger partial charge in [-0.15, -0.1) is 10.2 Å². The lowest BCUT2D eigenvalue weighted by atomic mass is 10.1. The zero-order valence-electron chi connectivity index (χ0n) is 16.8. The maximum Gasteiger partial charge on any atom is 0.416 e. The summed E-state index contributed by atoms with van der Waals surface area (Å²) < 4.78 is 46.6. The van der Waals surface area contributed by atoms with Crippen LogP contribution in [0.2, 0.25) is 5.02 Å². The second-order valence-electron chi connectivity index (χ2n) is 6.81. The molecule has 1 N–H and O–H groups in total. The van der Waals surface area contributed by atoms with Gasteiger partial charge in [0.05, 0.1) is 34.8 Å². The van der Waals surface area contributed by atoms with Crippen LogP contribution in [0.5, 0.6) is 0 Å². The van der Waals surface area contributed by atoms with Crippen molar-refractivity contribution in [3.8, 4) is 17.1 Å². The van der Waals surface area contributed by atoms with Gasteiger partial charge in [-0.2, -0.15) is 13.2 Å². The van der Waals surface area contributed by atoms with Gasteiger partial charge in [0.15, 0.2) is 11.0 Å². The Balaban J connectivity index is 1.65. The van der Waals surface area contributed by atoms with Gasteiger partial charge in [-0.1, -0.05) is 41.6 Å². The van der Waals surface area contributed by atoms with Crippen LogP contribution in [0.15, 0.2) is 76.5 Å². The first-order valence-corrected chi connectivity index (χ1v) is 11.0. The average molecular weight is 493 g/mol. The van der Waals surface area contributed by atoms with E-state index in [0.29, 0.717) is 16.3 Å². The molecule has 170 valence electrons. The number of hydrogen-bond donors (Lipinski definition) is 1. The van der Waals surface area contributed by atoms with Crippen molar-refractivity contribution in [2.24, 2.45) is 0 Å². The van der Waals surface area contributed by atoms with Crippen LogP contribution in [0.4, 0.5) is 13.2 Å². The summed E-state index contributed by atoms with van der Waals surface area (Å²) in [6.45, 7) is 0.220. The topological polar surface area (TPSA) is 73.0 Å². The summed E-state index contributed by atoms with van der Waals surface area (Å²) in [5, 5.41) is 11.6. The third-order valence-corrected chi connectivity index (χ3v) is 5.81. The number of carbonyl (C=O) groups is 1. The summed E-state index contributed by atoms with van der Waals surface area (Å²) in [4.78, 5) is 12.3. The minimum atomic E-state index is -4.52. The van der Waals surface area contributed by atoms with E-state index in [4.69, 9.17) is 16.0 Å². The van der Waals surface area contributed by atoms with Crippen LogP contribution in [0.3, 0.4) is 0 Å². The minimum absolute atomic E-state index is 0.0275. The lowest BCUT2D eigenvalue weighted by molar-refractivity contribution is -0.137. The molecule has 0 radical (unpaired) electrons. The third-order valence-electron chi connectivity index (χ3n) is 4.55. The molecule has 0 spiro atoms. The van der Waals surface area contributed by atoms with Gasteiger partial charge in [0.2, 0.25) is 5.91 Å². The van der Waals surface area contributed by atoms with Crippen molar-refractivity contribution in [3.63, 3.8) is 0 Å². The van der Waals surface area contributed by atoms with Crippen LogP contribution in [-0.4, -0.2) is 26.4 Å². The first kappa shape index (κ1) is 22.9. The molecule has 2 aromatic heterocycles. The molecule has 2 aromatic carbocycles. The summed E-state index contributed by atoms with van der Waals surface area (Å²) in [7, 11) is 0. The monoisotopic (exact) mass is 492 g/mol. The van der Waals surface area contributed by atoms with Crippen LogP contribution < -0.4 is 5.32 Å². The average Bonchev–Trinajstić information content (AvgIpc) is 3.46. The van der Waals surface area contributed by atoms with E-state index in [-0.39, 0.29) is 34.9 Å². The van der Waals surface area contributed by atoms with E-state index in [9.17, 15) is 18.0 Å². The highest BCUT2D eigenvalue weighted by atomic mass is 35.5. The fourth-order valence-electron chi connectivity index (χ4n) is 3.01. The highest BCUT2D eigenvalue weighted by molar-refractivity contribution is 7.99. The molecule has 4 rings (SSSR count). The predicted octanol–water partition coefficient (Wildman–Crippen LogP) is 5.61. The van der Waals surface area contributed by atoms with Gasteiger partial charge < -0.3 is 9.73 Å². The Morgan fingerprint density at radius 2 is 1.91 bits per heavy atom. The van der Waals surface area contributed by atoms with Crippen molar-refractivity contribution in [3.05, 3.63) is 83.3 Å². The van der Waals surface area contributed by atoms with Crippen molar-refractivity contribution in [1.29, 1.82) is 0 Å². The number of furan rings is 1. The number of thioether (sulfide) groups is 1. The highest BCUT2D eigenvalue weighted by Gasteiger charge is 2.31. The molecule has 0 bridgehead atoms. The number of amides is 1. The van der Waals surface area contributed by atoms with Gasteiger partial charge in [0.1, 0.15) is 5.76 Å². The molecule has 0 saturated heterocycles. The molecule has 0 aliphatic rings. The minimum Gasteiger partial charge on any atom is -0.467 e. The maximum absolute atomic E-state index is 13.3. The van der Waals surface area contributed by atoms with Crippen molar-refractivity contribution >= 4 is 29.3 Å². The van der Waals surface area contributed by atoms with Gasteiger partial charge in [-0.05, 0) is 42.5 Å². The summed E-state index contributed by atoms with van der Waals surface area (Å²) in [5.74, 6) is 0.537. The van der Waals surface area contributed by atoms with E-state index in [1.54, 1.807) is 36.4 Å². The van der Waals surface area contributed by atoms with E-state index >= 15 is 0 Å². The Labute approximate surface area is 195 Å². The Morgan fingerprint density at radius 1 is 1.09 bits per heavy atom. The number of alkyl halides is 3. The number of carbonyl (C=O) groups excluding carboxylic acids is 1. The largest absolute Gasteiger partial charge is 0.467 e. The Morgan fingerprint density at radius 3 is 2.64 bits per heavy atom. The molecule has 1 amide bonds. The highest BCUT2D eigenvalue weighted by Crippen LogP contribution is 2.35. The van der Waals surface area contributed by atoms with E-state index < -0.39 is 11.7 Å². The Bertz CT molecular complexity index is 1260. The number of halogens is 4. The molecule has 4 aromatic rings. The van der Waals surface area contributed by atoms with Crippen molar-refractivity contribution in [1.82, 2.24) is 20.1 Å². The molecule has 0 saturated carbocycles. The summed E-state index contributed by atoms with van der Waals surface area (Å²) in [6, 6.07) is 15.1.